The third-order valence-electron chi connectivity index (χ3n) is 3.11. The molecule has 1 saturated carbocycles. The van der Waals surface area contributed by atoms with Crippen molar-refractivity contribution in [1.82, 2.24) is 5.32 Å². The van der Waals surface area contributed by atoms with Gasteiger partial charge in [0.25, 0.3) is 5.92 Å². The first kappa shape index (κ1) is 10.3. The molecule has 0 spiro atoms. The van der Waals surface area contributed by atoms with Crippen LogP contribution in [-0.4, -0.2) is 30.7 Å². The molecular weight excluding hydrogens is 188 g/mol. The Bertz CT molecular complexity index is 196. The molecule has 1 N–H and O–H groups in total. The van der Waals surface area contributed by atoms with Crippen molar-refractivity contribution in [3.63, 3.8) is 0 Å². The zero-order valence-corrected chi connectivity index (χ0v) is 8.43. The highest BCUT2D eigenvalue weighted by molar-refractivity contribution is 4.93. The molecule has 1 aliphatic carbocycles. The lowest BCUT2D eigenvalue weighted by molar-refractivity contribution is -0.0973. The Morgan fingerprint density at radius 3 is 2.64 bits per heavy atom. The molecule has 14 heavy (non-hydrogen) atoms. The minimum absolute atomic E-state index is 0.00986. The summed E-state index contributed by atoms with van der Waals surface area (Å²) in [6, 6.07) is 0.197. The van der Waals surface area contributed by atoms with Crippen molar-refractivity contribution in [3.8, 4) is 0 Å². The molecule has 0 aromatic heterocycles. The van der Waals surface area contributed by atoms with Crippen molar-refractivity contribution >= 4 is 0 Å². The summed E-state index contributed by atoms with van der Waals surface area (Å²) in [6.45, 7) is 2.84. The fourth-order valence-electron chi connectivity index (χ4n) is 2.26. The van der Waals surface area contributed by atoms with Crippen molar-refractivity contribution < 1.29 is 13.5 Å². The summed E-state index contributed by atoms with van der Waals surface area (Å²) in [5, 5.41) is 3.21. The molecule has 0 amide bonds. The summed E-state index contributed by atoms with van der Waals surface area (Å²) < 4.78 is 30.6. The molecule has 1 aliphatic heterocycles. The Kier molecular flexibility index (Phi) is 2.75. The first-order valence-corrected chi connectivity index (χ1v) is 5.32. The van der Waals surface area contributed by atoms with Crippen molar-refractivity contribution in [2.45, 2.75) is 56.7 Å². The lowest BCUT2D eigenvalue weighted by atomic mass is 9.87. The monoisotopic (exact) mass is 205 g/mol. The molecule has 1 heterocycles. The molecule has 2 nitrogen and oxygen atoms in total. The maximum absolute atomic E-state index is 12.5. The van der Waals surface area contributed by atoms with E-state index in [2.05, 4.69) is 5.32 Å². The van der Waals surface area contributed by atoms with Gasteiger partial charge < -0.3 is 10.1 Å². The van der Waals surface area contributed by atoms with Crippen molar-refractivity contribution in [3.05, 3.63) is 0 Å². The summed E-state index contributed by atoms with van der Waals surface area (Å²) in [5.41, 5.74) is 0. The van der Waals surface area contributed by atoms with Crippen LogP contribution in [0.25, 0.3) is 0 Å². The lowest BCUT2D eigenvalue weighted by Crippen LogP contribution is -2.53. The van der Waals surface area contributed by atoms with Gasteiger partial charge in [-0.25, -0.2) is 8.78 Å². The predicted molar refractivity (Wildman–Crippen MR) is 49.5 cm³/mol. The van der Waals surface area contributed by atoms with Gasteiger partial charge in [-0.15, -0.1) is 0 Å². The number of rotatable bonds is 3. The maximum atomic E-state index is 12.5. The van der Waals surface area contributed by atoms with Crippen LogP contribution >= 0.6 is 0 Å². The quantitative estimate of drug-likeness (QED) is 0.760. The van der Waals surface area contributed by atoms with E-state index < -0.39 is 5.92 Å². The van der Waals surface area contributed by atoms with Crippen LogP contribution in [0.3, 0.4) is 0 Å². The van der Waals surface area contributed by atoms with Crippen LogP contribution in [0.4, 0.5) is 8.78 Å². The molecule has 2 rings (SSSR count). The smallest absolute Gasteiger partial charge is 0.251 e. The second-order valence-corrected chi connectivity index (χ2v) is 4.47. The van der Waals surface area contributed by atoms with Gasteiger partial charge in [-0.3, -0.25) is 0 Å². The van der Waals surface area contributed by atoms with E-state index in [1.165, 1.54) is 0 Å². The average molecular weight is 205 g/mol. The largest absolute Gasteiger partial charge is 0.377 e. The van der Waals surface area contributed by atoms with E-state index in [1.54, 1.807) is 0 Å². The Balaban J connectivity index is 1.70. The second kappa shape index (κ2) is 3.74. The molecule has 0 aromatic carbocycles. The fraction of sp³-hybridized carbons (Fsp3) is 1.00. The standard InChI is InChI=1S/C10H17F2NO/c1-7(9-3-2-4-14-9)13-8-5-10(11,12)6-8/h7-9,13H,2-6H2,1H3. The van der Waals surface area contributed by atoms with Crippen molar-refractivity contribution in [2.24, 2.45) is 0 Å². The molecule has 0 aromatic rings. The van der Waals surface area contributed by atoms with E-state index in [-0.39, 0.29) is 31.0 Å². The van der Waals surface area contributed by atoms with Gasteiger partial charge in [0, 0.05) is 31.5 Å². The van der Waals surface area contributed by atoms with Gasteiger partial charge in [0.1, 0.15) is 0 Å². The van der Waals surface area contributed by atoms with E-state index >= 15 is 0 Å². The highest BCUT2D eigenvalue weighted by Crippen LogP contribution is 2.37. The van der Waals surface area contributed by atoms with Crippen LogP contribution in [-0.2, 0) is 4.74 Å². The highest BCUT2D eigenvalue weighted by atomic mass is 19.3. The average Bonchev–Trinajstić information content (AvgIpc) is 2.51. The molecule has 0 bridgehead atoms. The molecule has 2 atom stereocenters. The Labute approximate surface area is 83.0 Å². The number of halogens is 2. The first-order chi connectivity index (χ1) is 6.57. The van der Waals surface area contributed by atoms with E-state index in [0.717, 1.165) is 19.4 Å². The summed E-state index contributed by atoms with van der Waals surface area (Å²) in [4.78, 5) is 0. The first-order valence-electron chi connectivity index (χ1n) is 5.32. The van der Waals surface area contributed by atoms with E-state index in [4.69, 9.17) is 4.74 Å². The van der Waals surface area contributed by atoms with E-state index in [9.17, 15) is 8.78 Å². The third-order valence-corrected chi connectivity index (χ3v) is 3.11. The molecule has 82 valence electrons. The number of ether oxygens (including phenoxy) is 1. The van der Waals surface area contributed by atoms with Crippen LogP contribution in [0.5, 0.6) is 0 Å². The molecule has 2 aliphatic rings. The molecular formula is C10H17F2NO. The summed E-state index contributed by atoms with van der Waals surface area (Å²) >= 11 is 0. The van der Waals surface area contributed by atoms with Gasteiger partial charge in [0.05, 0.1) is 6.10 Å². The predicted octanol–water partition coefficient (Wildman–Crippen LogP) is 1.94. The van der Waals surface area contributed by atoms with Crippen molar-refractivity contribution in [1.29, 1.82) is 0 Å². The van der Waals surface area contributed by atoms with Gasteiger partial charge in [0.2, 0.25) is 0 Å². The van der Waals surface area contributed by atoms with Crippen LogP contribution in [0.2, 0.25) is 0 Å². The lowest BCUT2D eigenvalue weighted by Gasteiger charge is -2.38. The zero-order chi connectivity index (χ0) is 10.2. The normalized spacial score (nSPS) is 34.1. The number of alkyl halides is 2. The Morgan fingerprint density at radius 1 is 1.43 bits per heavy atom. The van der Waals surface area contributed by atoms with E-state index in [1.807, 2.05) is 6.92 Å². The Hall–Kier alpha value is -0.220. The topological polar surface area (TPSA) is 21.3 Å². The van der Waals surface area contributed by atoms with Gasteiger partial charge in [-0.2, -0.15) is 0 Å². The summed E-state index contributed by atoms with van der Waals surface area (Å²) in [7, 11) is 0. The molecule has 2 fully saturated rings. The van der Waals surface area contributed by atoms with Crippen LogP contribution < -0.4 is 5.32 Å². The van der Waals surface area contributed by atoms with Gasteiger partial charge in [-0.1, -0.05) is 0 Å². The van der Waals surface area contributed by atoms with Crippen molar-refractivity contribution in [2.75, 3.05) is 6.61 Å². The number of nitrogens with one attached hydrogen (secondary N) is 1. The second-order valence-electron chi connectivity index (χ2n) is 4.47. The molecule has 4 heteroatoms. The minimum atomic E-state index is -2.42. The third kappa shape index (κ3) is 2.23. The summed E-state index contributed by atoms with van der Waals surface area (Å²) in [5.74, 6) is -2.42. The van der Waals surface area contributed by atoms with Gasteiger partial charge in [-0.05, 0) is 19.8 Å². The molecule has 0 radical (unpaired) electrons. The molecule has 1 saturated heterocycles. The fourth-order valence-corrected chi connectivity index (χ4v) is 2.26. The van der Waals surface area contributed by atoms with Gasteiger partial charge >= 0.3 is 0 Å². The van der Waals surface area contributed by atoms with Crippen LogP contribution in [0.1, 0.15) is 32.6 Å². The van der Waals surface area contributed by atoms with Gasteiger partial charge in [0.15, 0.2) is 0 Å². The van der Waals surface area contributed by atoms with E-state index in [0.29, 0.717) is 0 Å². The SMILES string of the molecule is CC(NC1CC(F)(F)C1)C1CCCO1. The Morgan fingerprint density at radius 2 is 2.14 bits per heavy atom. The minimum Gasteiger partial charge on any atom is -0.377 e. The highest BCUT2D eigenvalue weighted by Gasteiger charge is 2.46. The molecule has 2 unspecified atom stereocenters. The number of hydrogen-bond acceptors (Lipinski definition) is 2. The summed E-state index contributed by atoms with van der Waals surface area (Å²) in [6.07, 6.45) is 2.35. The zero-order valence-electron chi connectivity index (χ0n) is 8.43. The van der Waals surface area contributed by atoms with Crippen LogP contribution in [0.15, 0.2) is 0 Å². The maximum Gasteiger partial charge on any atom is 0.251 e. The number of hydrogen-bond donors (Lipinski definition) is 1. The van der Waals surface area contributed by atoms with Crippen LogP contribution in [0, 0.1) is 0 Å².